The van der Waals surface area contributed by atoms with Crippen LogP contribution in [-0.4, -0.2) is 50.2 Å². The minimum Gasteiger partial charge on any atom is -0.347 e. The van der Waals surface area contributed by atoms with Crippen LogP contribution in [0.3, 0.4) is 0 Å². The number of carbonyl (C=O) groups is 1. The molecule has 0 aliphatic carbocycles. The SMILES string of the molecule is CN(C)C(=O)[C@H]1CCCN1S(=O)(=O)c1ccc2ccccc2c1. The standard InChI is InChI=1S/C17H20N2O3S/c1-18(2)17(20)16-8-5-11-19(16)23(21,22)15-10-9-13-6-3-4-7-14(13)12-15/h3-4,6-7,9-10,12,16H,5,8,11H2,1-2H3/t16-/m1/s1. The monoisotopic (exact) mass is 332 g/mol. The van der Waals surface area contributed by atoms with Gasteiger partial charge in [0.05, 0.1) is 4.90 Å². The van der Waals surface area contributed by atoms with Gasteiger partial charge in [-0.15, -0.1) is 0 Å². The fourth-order valence-corrected chi connectivity index (χ4v) is 4.72. The lowest BCUT2D eigenvalue weighted by Gasteiger charge is -2.25. The summed E-state index contributed by atoms with van der Waals surface area (Å²) in [6.07, 6.45) is 1.28. The Hall–Kier alpha value is -1.92. The highest BCUT2D eigenvalue weighted by atomic mass is 32.2. The van der Waals surface area contributed by atoms with E-state index in [0.29, 0.717) is 19.4 Å². The molecule has 0 spiro atoms. The van der Waals surface area contributed by atoms with Crippen LogP contribution in [0.1, 0.15) is 12.8 Å². The summed E-state index contributed by atoms with van der Waals surface area (Å²) < 4.78 is 27.3. The number of benzene rings is 2. The number of amides is 1. The quantitative estimate of drug-likeness (QED) is 0.865. The molecule has 1 aliphatic heterocycles. The second-order valence-corrected chi connectivity index (χ2v) is 7.91. The molecule has 1 atom stereocenters. The molecule has 1 fully saturated rings. The predicted molar refractivity (Wildman–Crippen MR) is 89.6 cm³/mol. The van der Waals surface area contributed by atoms with E-state index < -0.39 is 16.1 Å². The van der Waals surface area contributed by atoms with E-state index in [1.165, 1.54) is 9.21 Å². The van der Waals surface area contributed by atoms with Crippen LogP contribution >= 0.6 is 0 Å². The van der Waals surface area contributed by atoms with Crippen molar-refractivity contribution >= 4 is 26.7 Å². The van der Waals surface area contributed by atoms with Gasteiger partial charge in [-0.2, -0.15) is 4.31 Å². The molecule has 122 valence electrons. The molecule has 1 amide bonds. The van der Waals surface area contributed by atoms with E-state index in [9.17, 15) is 13.2 Å². The van der Waals surface area contributed by atoms with Gasteiger partial charge < -0.3 is 4.90 Å². The summed E-state index contributed by atoms with van der Waals surface area (Å²) in [5.41, 5.74) is 0. The van der Waals surface area contributed by atoms with Crippen molar-refractivity contribution in [3.63, 3.8) is 0 Å². The van der Waals surface area contributed by atoms with E-state index in [4.69, 9.17) is 0 Å². The Kier molecular flexibility index (Phi) is 4.12. The maximum absolute atomic E-state index is 13.0. The summed E-state index contributed by atoms with van der Waals surface area (Å²) >= 11 is 0. The van der Waals surface area contributed by atoms with Gasteiger partial charge in [0.15, 0.2) is 0 Å². The number of carbonyl (C=O) groups excluding carboxylic acids is 1. The first-order valence-corrected chi connectivity index (χ1v) is 9.07. The molecule has 0 radical (unpaired) electrons. The van der Waals surface area contributed by atoms with Gasteiger partial charge in [0.2, 0.25) is 15.9 Å². The van der Waals surface area contributed by atoms with Crippen LogP contribution in [0.4, 0.5) is 0 Å². The van der Waals surface area contributed by atoms with E-state index in [-0.39, 0.29) is 10.8 Å². The van der Waals surface area contributed by atoms with Gasteiger partial charge in [0.1, 0.15) is 6.04 Å². The number of hydrogen-bond donors (Lipinski definition) is 0. The maximum Gasteiger partial charge on any atom is 0.243 e. The summed E-state index contributed by atoms with van der Waals surface area (Å²) in [6, 6.07) is 12.1. The Labute approximate surface area is 136 Å². The van der Waals surface area contributed by atoms with Gasteiger partial charge in [0.25, 0.3) is 0 Å². The van der Waals surface area contributed by atoms with Gasteiger partial charge in [0, 0.05) is 20.6 Å². The zero-order valence-electron chi connectivity index (χ0n) is 13.3. The van der Waals surface area contributed by atoms with Crippen LogP contribution < -0.4 is 0 Å². The summed E-state index contributed by atoms with van der Waals surface area (Å²) in [4.78, 5) is 14.0. The lowest BCUT2D eigenvalue weighted by atomic mass is 10.1. The van der Waals surface area contributed by atoms with Gasteiger partial charge in [-0.1, -0.05) is 30.3 Å². The van der Waals surface area contributed by atoms with Crippen LogP contribution in [0, 0.1) is 0 Å². The molecule has 1 aliphatic rings. The van der Waals surface area contributed by atoms with Crippen LogP contribution in [0.2, 0.25) is 0 Å². The minimum atomic E-state index is -3.67. The highest BCUT2D eigenvalue weighted by molar-refractivity contribution is 7.89. The molecule has 0 unspecified atom stereocenters. The van der Waals surface area contributed by atoms with Crippen molar-refractivity contribution in [3.05, 3.63) is 42.5 Å². The Balaban J connectivity index is 2.00. The topological polar surface area (TPSA) is 57.7 Å². The zero-order valence-corrected chi connectivity index (χ0v) is 14.1. The Morgan fingerprint density at radius 3 is 2.52 bits per heavy atom. The molecule has 2 aromatic carbocycles. The Bertz CT molecular complexity index is 846. The fourth-order valence-electron chi connectivity index (χ4n) is 3.04. The third kappa shape index (κ3) is 2.84. The first kappa shape index (κ1) is 16.0. The first-order valence-electron chi connectivity index (χ1n) is 7.63. The molecule has 23 heavy (non-hydrogen) atoms. The van der Waals surface area contributed by atoms with E-state index in [1.807, 2.05) is 24.3 Å². The van der Waals surface area contributed by atoms with E-state index in [0.717, 1.165) is 10.8 Å². The number of rotatable bonds is 3. The molecule has 3 rings (SSSR count). The van der Waals surface area contributed by atoms with E-state index >= 15 is 0 Å². The number of hydrogen-bond acceptors (Lipinski definition) is 3. The summed E-state index contributed by atoms with van der Waals surface area (Å²) in [5.74, 6) is -0.160. The lowest BCUT2D eigenvalue weighted by Crippen LogP contribution is -2.45. The van der Waals surface area contributed by atoms with Gasteiger partial charge in [-0.25, -0.2) is 8.42 Å². The van der Waals surface area contributed by atoms with Crippen LogP contribution in [-0.2, 0) is 14.8 Å². The van der Waals surface area contributed by atoms with Crippen LogP contribution in [0.5, 0.6) is 0 Å². The first-order chi connectivity index (χ1) is 10.9. The van der Waals surface area contributed by atoms with Crippen LogP contribution in [0.15, 0.2) is 47.4 Å². The smallest absolute Gasteiger partial charge is 0.243 e. The fraction of sp³-hybridized carbons (Fsp3) is 0.353. The minimum absolute atomic E-state index is 0.160. The molecule has 0 aromatic heterocycles. The highest BCUT2D eigenvalue weighted by Gasteiger charge is 2.40. The number of nitrogens with zero attached hydrogens (tertiary/aromatic N) is 2. The average molecular weight is 332 g/mol. The molecule has 1 saturated heterocycles. The van der Waals surface area contributed by atoms with Crippen molar-refractivity contribution in [3.8, 4) is 0 Å². The molecule has 0 bridgehead atoms. The second-order valence-electron chi connectivity index (χ2n) is 6.02. The number of fused-ring (bicyclic) bond motifs is 1. The second kappa shape index (κ2) is 5.94. The lowest BCUT2D eigenvalue weighted by molar-refractivity contribution is -0.132. The molecule has 6 heteroatoms. The predicted octanol–water partition coefficient (Wildman–Crippen LogP) is 2.08. The Morgan fingerprint density at radius 1 is 1.13 bits per heavy atom. The molecule has 0 saturated carbocycles. The molecule has 2 aromatic rings. The largest absolute Gasteiger partial charge is 0.347 e. The summed E-state index contributed by atoms with van der Waals surface area (Å²) in [5, 5.41) is 1.87. The summed E-state index contributed by atoms with van der Waals surface area (Å²) in [6.45, 7) is 0.388. The normalized spacial score (nSPS) is 19.1. The highest BCUT2D eigenvalue weighted by Crippen LogP contribution is 2.28. The number of sulfonamides is 1. The van der Waals surface area contributed by atoms with Gasteiger partial charge in [-0.05, 0) is 35.7 Å². The third-order valence-electron chi connectivity index (χ3n) is 4.26. The van der Waals surface area contributed by atoms with Crippen molar-refractivity contribution in [2.75, 3.05) is 20.6 Å². The molecular weight excluding hydrogens is 312 g/mol. The number of likely N-dealkylation sites (N-methyl/N-ethyl adjacent to an activating group) is 1. The van der Waals surface area contributed by atoms with Gasteiger partial charge in [-0.3, -0.25) is 4.79 Å². The van der Waals surface area contributed by atoms with E-state index in [1.54, 1.807) is 32.3 Å². The average Bonchev–Trinajstić information content (AvgIpc) is 3.03. The van der Waals surface area contributed by atoms with Crippen molar-refractivity contribution < 1.29 is 13.2 Å². The van der Waals surface area contributed by atoms with Crippen LogP contribution in [0.25, 0.3) is 10.8 Å². The van der Waals surface area contributed by atoms with Crippen molar-refractivity contribution in [2.45, 2.75) is 23.8 Å². The summed E-state index contributed by atoms with van der Waals surface area (Å²) in [7, 11) is -0.364. The van der Waals surface area contributed by atoms with Crippen molar-refractivity contribution in [1.82, 2.24) is 9.21 Å². The van der Waals surface area contributed by atoms with Crippen molar-refractivity contribution in [1.29, 1.82) is 0 Å². The zero-order chi connectivity index (χ0) is 16.6. The molecule has 5 nitrogen and oxygen atoms in total. The molecular formula is C17H20N2O3S. The maximum atomic E-state index is 13.0. The Morgan fingerprint density at radius 2 is 1.83 bits per heavy atom. The molecule has 1 heterocycles. The third-order valence-corrected chi connectivity index (χ3v) is 6.16. The van der Waals surface area contributed by atoms with Gasteiger partial charge >= 0.3 is 0 Å². The van der Waals surface area contributed by atoms with E-state index in [2.05, 4.69) is 0 Å². The molecule has 0 N–H and O–H groups in total. The van der Waals surface area contributed by atoms with Crippen molar-refractivity contribution in [2.24, 2.45) is 0 Å².